The number of piperidine rings is 1. The highest BCUT2D eigenvalue weighted by atomic mass is 16.6. The van der Waals surface area contributed by atoms with Gasteiger partial charge in [0.15, 0.2) is 0 Å². The van der Waals surface area contributed by atoms with Crippen LogP contribution in [0.25, 0.3) is 0 Å². The molecule has 0 saturated carbocycles. The zero-order valence-corrected chi connectivity index (χ0v) is 11.3. The molecule has 0 spiro atoms. The first-order chi connectivity index (χ1) is 7.78. The van der Waals surface area contributed by atoms with Gasteiger partial charge in [0.2, 0.25) is 0 Å². The number of ether oxygens (including phenoxy) is 1. The second-order valence-electron chi connectivity index (χ2n) is 5.81. The molecule has 4 nitrogen and oxygen atoms in total. The van der Waals surface area contributed by atoms with Crippen LogP contribution in [0.3, 0.4) is 0 Å². The Labute approximate surface area is 103 Å². The van der Waals surface area contributed by atoms with Crippen LogP contribution in [-0.4, -0.2) is 42.4 Å². The second kappa shape index (κ2) is 5.63. The summed E-state index contributed by atoms with van der Waals surface area (Å²) in [6, 6.07) is 0. The molecular weight excluding hydrogens is 218 g/mol. The maximum Gasteiger partial charge on any atom is 0.313 e. The first-order valence-corrected chi connectivity index (χ1v) is 6.21. The Balaban J connectivity index is 2.36. The smallest absolute Gasteiger partial charge is 0.313 e. The van der Waals surface area contributed by atoms with Gasteiger partial charge < -0.3 is 9.64 Å². The van der Waals surface area contributed by atoms with Crippen LogP contribution in [0.2, 0.25) is 0 Å². The minimum absolute atomic E-state index is 0.0346. The Hall–Kier alpha value is -0.900. The molecule has 17 heavy (non-hydrogen) atoms. The van der Waals surface area contributed by atoms with E-state index in [9.17, 15) is 9.59 Å². The number of rotatable bonds is 3. The van der Waals surface area contributed by atoms with Gasteiger partial charge in [0.1, 0.15) is 17.8 Å². The summed E-state index contributed by atoms with van der Waals surface area (Å²) in [7, 11) is 2.05. The lowest BCUT2D eigenvalue weighted by Gasteiger charge is -2.28. The van der Waals surface area contributed by atoms with Crippen LogP contribution < -0.4 is 0 Å². The molecule has 0 aromatic heterocycles. The van der Waals surface area contributed by atoms with Crippen molar-refractivity contribution in [1.29, 1.82) is 0 Å². The van der Waals surface area contributed by atoms with Crippen molar-refractivity contribution >= 4 is 11.8 Å². The lowest BCUT2D eigenvalue weighted by molar-refractivity contribution is -0.156. The Bertz CT molecular complexity index is 286. The highest BCUT2D eigenvalue weighted by molar-refractivity contribution is 5.96. The number of esters is 1. The lowest BCUT2D eigenvalue weighted by Crippen LogP contribution is -2.35. The molecule has 0 aliphatic carbocycles. The van der Waals surface area contributed by atoms with Crippen molar-refractivity contribution in [2.45, 2.75) is 45.6 Å². The number of carbonyl (C=O) groups excluding carboxylic acids is 2. The lowest BCUT2D eigenvalue weighted by atomic mass is 9.91. The van der Waals surface area contributed by atoms with Crippen molar-refractivity contribution in [1.82, 2.24) is 4.90 Å². The van der Waals surface area contributed by atoms with E-state index in [0.29, 0.717) is 0 Å². The van der Waals surface area contributed by atoms with Gasteiger partial charge in [-0.1, -0.05) is 0 Å². The van der Waals surface area contributed by atoms with Gasteiger partial charge in [-0.3, -0.25) is 9.59 Å². The molecule has 1 saturated heterocycles. The minimum atomic E-state index is -0.510. The largest absolute Gasteiger partial charge is 0.460 e. The fourth-order valence-corrected chi connectivity index (χ4v) is 1.99. The number of nitrogens with zero attached hydrogens (tertiary/aromatic N) is 1. The Kier molecular flexibility index (Phi) is 4.69. The molecule has 0 atom stereocenters. The molecule has 0 aromatic rings. The van der Waals surface area contributed by atoms with Crippen LogP contribution in [-0.2, 0) is 14.3 Å². The number of hydrogen-bond acceptors (Lipinski definition) is 4. The zero-order valence-electron chi connectivity index (χ0n) is 11.3. The van der Waals surface area contributed by atoms with Gasteiger partial charge in [0, 0.05) is 5.92 Å². The quantitative estimate of drug-likeness (QED) is 0.556. The standard InChI is InChI=1S/C13H23NO3/c1-13(2,3)17-12(16)9-11(15)10-5-7-14(4)8-6-10/h10H,5-9H2,1-4H3. The average Bonchev–Trinajstić information content (AvgIpc) is 2.15. The van der Waals surface area contributed by atoms with Gasteiger partial charge in [-0.05, 0) is 53.8 Å². The van der Waals surface area contributed by atoms with Gasteiger partial charge in [0.25, 0.3) is 0 Å². The first-order valence-electron chi connectivity index (χ1n) is 6.21. The summed E-state index contributed by atoms with van der Waals surface area (Å²) in [5.41, 5.74) is -0.510. The molecule has 1 aliphatic heterocycles. The molecule has 4 heteroatoms. The normalized spacial score (nSPS) is 19.1. The third-order valence-electron chi connectivity index (χ3n) is 2.91. The Morgan fingerprint density at radius 2 is 1.76 bits per heavy atom. The van der Waals surface area contributed by atoms with E-state index in [0.717, 1.165) is 25.9 Å². The summed E-state index contributed by atoms with van der Waals surface area (Å²) in [6.07, 6.45) is 1.64. The van der Waals surface area contributed by atoms with E-state index < -0.39 is 11.6 Å². The zero-order chi connectivity index (χ0) is 13.1. The molecule has 0 bridgehead atoms. The van der Waals surface area contributed by atoms with E-state index in [1.807, 2.05) is 20.8 Å². The van der Waals surface area contributed by atoms with Crippen LogP contribution in [0.1, 0.15) is 40.0 Å². The minimum Gasteiger partial charge on any atom is -0.460 e. The SMILES string of the molecule is CN1CCC(C(=O)CC(=O)OC(C)(C)C)CC1. The van der Waals surface area contributed by atoms with E-state index in [1.54, 1.807) is 0 Å². The molecule has 0 radical (unpaired) electrons. The summed E-state index contributed by atoms with van der Waals surface area (Å²) in [5.74, 6) is -0.326. The molecule has 0 N–H and O–H groups in total. The predicted molar refractivity (Wildman–Crippen MR) is 65.7 cm³/mol. The van der Waals surface area contributed by atoms with E-state index in [1.165, 1.54) is 0 Å². The summed E-state index contributed by atoms with van der Waals surface area (Å²) in [4.78, 5) is 25.6. The average molecular weight is 241 g/mol. The molecule has 0 aromatic carbocycles. The van der Waals surface area contributed by atoms with Gasteiger partial charge in [-0.2, -0.15) is 0 Å². The van der Waals surface area contributed by atoms with Crippen LogP contribution in [0, 0.1) is 5.92 Å². The molecule has 0 unspecified atom stereocenters. The first kappa shape index (κ1) is 14.2. The molecule has 1 heterocycles. The van der Waals surface area contributed by atoms with Crippen molar-refractivity contribution in [2.24, 2.45) is 5.92 Å². The van der Waals surface area contributed by atoms with Crippen LogP contribution >= 0.6 is 0 Å². The number of Topliss-reactive ketones (excluding diaryl/α,β-unsaturated/α-hetero) is 1. The summed E-state index contributed by atoms with van der Waals surface area (Å²) in [6.45, 7) is 7.30. The van der Waals surface area contributed by atoms with E-state index in [2.05, 4.69) is 11.9 Å². The highest BCUT2D eigenvalue weighted by Crippen LogP contribution is 2.19. The van der Waals surface area contributed by atoms with Crippen molar-refractivity contribution in [3.8, 4) is 0 Å². The molecular formula is C13H23NO3. The van der Waals surface area contributed by atoms with Gasteiger partial charge in [-0.15, -0.1) is 0 Å². The van der Waals surface area contributed by atoms with E-state index in [-0.39, 0.29) is 18.1 Å². The fraction of sp³-hybridized carbons (Fsp3) is 0.846. The van der Waals surface area contributed by atoms with Crippen molar-refractivity contribution in [3.05, 3.63) is 0 Å². The van der Waals surface area contributed by atoms with E-state index in [4.69, 9.17) is 4.74 Å². The molecule has 1 fully saturated rings. The van der Waals surface area contributed by atoms with Gasteiger partial charge in [-0.25, -0.2) is 0 Å². The van der Waals surface area contributed by atoms with Crippen LogP contribution in [0.4, 0.5) is 0 Å². The van der Waals surface area contributed by atoms with Crippen molar-refractivity contribution in [3.63, 3.8) is 0 Å². The number of hydrogen-bond donors (Lipinski definition) is 0. The number of carbonyl (C=O) groups is 2. The van der Waals surface area contributed by atoms with E-state index >= 15 is 0 Å². The number of likely N-dealkylation sites (tertiary alicyclic amines) is 1. The van der Waals surface area contributed by atoms with Crippen molar-refractivity contribution < 1.29 is 14.3 Å². The topological polar surface area (TPSA) is 46.6 Å². The highest BCUT2D eigenvalue weighted by Gasteiger charge is 2.26. The predicted octanol–water partition coefficient (Wildman–Crippen LogP) is 1.63. The Morgan fingerprint density at radius 1 is 1.24 bits per heavy atom. The summed E-state index contributed by atoms with van der Waals surface area (Å²) >= 11 is 0. The fourth-order valence-electron chi connectivity index (χ4n) is 1.99. The van der Waals surface area contributed by atoms with Gasteiger partial charge in [0.05, 0.1) is 0 Å². The second-order valence-corrected chi connectivity index (χ2v) is 5.81. The molecule has 0 amide bonds. The third-order valence-corrected chi connectivity index (χ3v) is 2.91. The van der Waals surface area contributed by atoms with Crippen molar-refractivity contribution in [2.75, 3.05) is 20.1 Å². The molecule has 1 rings (SSSR count). The summed E-state index contributed by atoms with van der Waals surface area (Å²) in [5, 5.41) is 0. The maximum absolute atomic E-state index is 11.9. The third kappa shape index (κ3) is 5.31. The monoisotopic (exact) mass is 241 g/mol. The molecule has 98 valence electrons. The van der Waals surface area contributed by atoms with Crippen LogP contribution in [0.5, 0.6) is 0 Å². The van der Waals surface area contributed by atoms with Crippen LogP contribution in [0.15, 0.2) is 0 Å². The van der Waals surface area contributed by atoms with Gasteiger partial charge >= 0.3 is 5.97 Å². The number of ketones is 1. The summed E-state index contributed by atoms with van der Waals surface area (Å²) < 4.78 is 5.15. The Morgan fingerprint density at radius 3 is 2.24 bits per heavy atom. The molecule has 1 aliphatic rings. The maximum atomic E-state index is 11.9.